The standard InChI is InChI=1S/C31H31NO7S/c1-40(35,36)27-13-5-22(6-14-27)28-15-7-23-21-26(39-31(33)34)12-16-29(23)30(28)38-25-10-8-24(9-11-25)37-20-19-32-17-3-2-4-18-32/h5-16,21H,2-4,17-20H2,1H3,(H,33,34). The number of hydrogen-bond acceptors (Lipinski definition) is 7. The van der Waals surface area contributed by atoms with Gasteiger partial charge in [-0.15, -0.1) is 0 Å². The highest BCUT2D eigenvalue weighted by Crippen LogP contribution is 2.41. The van der Waals surface area contributed by atoms with Crippen molar-refractivity contribution in [1.82, 2.24) is 4.90 Å². The zero-order chi connectivity index (χ0) is 28.1. The van der Waals surface area contributed by atoms with Crippen molar-refractivity contribution in [2.24, 2.45) is 0 Å². The Hall–Kier alpha value is -4.08. The van der Waals surface area contributed by atoms with Gasteiger partial charge in [0.2, 0.25) is 0 Å². The molecule has 1 saturated heterocycles. The quantitative estimate of drug-likeness (QED) is 0.180. The lowest BCUT2D eigenvalue weighted by molar-refractivity contribution is 0.144. The highest BCUT2D eigenvalue weighted by atomic mass is 32.2. The van der Waals surface area contributed by atoms with E-state index in [1.54, 1.807) is 42.5 Å². The van der Waals surface area contributed by atoms with Crippen LogP contribution in [0.1, 0.15) is 19.3 Å². The van der Waals surface area contributed by atoms with Crippen molar-refractivity contribution in [2.45, 2.75) is 24.2 Å². The van der Waals surface area contributed by atoms with Gasteiger partial charge in [0.1, 0.15) is 29.6 Å². The van der Waals surface area contributed by atoms with Gasteiger partial charge < -0.3 is 19.3 Å². The summed E-state index contributed by atoms with van der Waals surface area (Å²) in [6.45, 7) is 3.79. The van der Waals surface area contributed by atoms with Crippen LogP contribution in [0.15, 0.2) is 83.8 Å². The molecule has 8 nitrogen and oxygen atoms in total. The second-order valence-corrected chi connectivity index (χ2v) is 11.8. The zero-order valence-corrected chi connectivity index (χ0v) is 23.0. The maximum absolute atomic E-state index is 12.0. The molecule has 5 rings (SSSR count). The number of piperidine rings is 1. The number of benzene rings is 4. The Bertz CT molecular complexity index is 1590. The Morgan fingerprint density at radius 3 is 2.20 bits per heavy atom. The van der Waals surface area contributed by atoms with E-state index < -0.39 is 16.0 Å². The van der Waals surface area contributed by atoms with Gasteiger partial charge in [0, 0.05) is 23.8 Å². The van der Waals surface area contributed by atoms with Gasteiger partial charge in [-0.1, -0.05) is 24.6 Å². The fraction of sp³-hybridized carbons (Fsp3) is 0.258. The largest absolute Gasteiger partial charge is 0.511 e. The van der Waals surface area contributed by atoms with Gasteiger partial charge in [-0.3, -0.25) is 4.90 Å². The van der Waals surface area contributed by atoms with Crippen LogP contribution < -0.4 is 14.2 Å². The number of hydrogen-bond donors (Lipinski definition) is 1. The van der Waals surface area contributed by atoms with Gasteiger partial charge in [-0.2, -0.15) is 0 Å². The smallest absolute Gasteiger partial charge is 0.492 e. The van der Waals surface area contributed by atoms with Crippen molar-refractivity contribution in [1.29, 1.82) is 0 Å². The Kier molecular flexibility index (Phi) is 8.23. The summed E-state index contributed by atoms with van der Waals surface area (Å²) in [7, 11) is -3.33. The fourth-order valence-corrected chi connectivity index (χ4v) is 5.49. The minimum atomic E-state index is -3.33. The van der Waals surface area contributed by atoms with E-state index in [9.17, 15) is 13.2 Å². The van der Waals surface area contributed by atoms with Crippen LogP contribution in [0.5, 0.6) is 23.0 Å². The molecule has 0 spiro atoms. The minimum absolute atomic E-state index is 0.197. The molecule has 0 aliphatic carbocycles. The van der Waals surface area contributed by atoms with E-state index in [2.05, 4.69) is 4.90 Å². The van der Waals surface area contributed by atoms with Gasteiger partial charge in [0.15, 0.2) is 9.84 Å². The number of carbonyl (C=O) groups is 1. The Morgan fingerprint density at radius 1 is 0.850 bits per heavy atom. The van der Waals surface area contributed by atoms with Crippen LogP contribution in [0.4, 0.5) is 4.79 Å². The molecule has 4 aromatic rings. The van der Waals surface area contributed by atoms with Gasteiger partial charge >= 0.3 is 6.16 Å². The Balaban J connectivity index is 1.42. The maximum Gasteiger partial charge on any atom is 0.511 e. The van der Waals surface area contributed by atoms with Crippen molar-refractivity contribution in [3.05, 3.63) is 78.9 Å². The summed E-state index contributed by atoms with van der Waals surface area (Å²) < 4.78 is 41.1. The number of sulfone groups is 1. The lowest BCUT2D eigenvalue weighted by atomic mass is 9.99. The highest BCUT2D eigenvalue weighted by Gasteiger charge is 2.16. The number of rotatable bonds is 9. The van der Waals surface area contributed by atoms with Crippen LogP contribution in [0.2, 0.25) is 0 Å². The van der Waals surface area contributed by atoms with E-state index in [0.29, 0.717) is 18.1 Å². The summed E-state index contributed by atoms with van der Waals surface area (Å²) >= 11 is 0. The molecule has 0 bridgehead atoms. The fourth-order valence-electron chi connectivity index (χ4n) is 4.86. The molecule has 0 radical (unpaired) electrons. The van der Waals surface area contributed by atoms with Crippen LogP contribution in [-0.4, -0.2) is 57.1 Å². The van der Waals surface area contributed by atoms with Crippen molar-refractivity contribution in [3.63, 3.8) is 0 Å². The van der Waals surface area contributed by atoms with E-state index in [1.807, 2.05) is 36.4 Å². The summed E-state index contributed by atoms with van der Waals surface area (Å²) in [5.74, 6) is 2.09. The van der Waals surface area contributed by atoms with Crippen molar-refractivity contribution in [2.75, 3.05) is 32.5 Å². The number of fused-ring (bicyclic) bond motifs is 1. The number of carboxylic acid groups (broad SMARTS) is 1. The van der Waals surface area contributed by atoms with Crippen LogP contribution in [0, 0.1) is 0 Å². The average Bonchev–Trinajstić information content (AvgIpc) is 2.94. The predicted octanol–water partition coefficient (Wildman–Crippen LogP) is 6.62. The highest BCUT2D eigenvalue weighted by molar-refractivity contribution is 7.90. The van der Waals surface area contributed by atoms with Crippen molar-refractivity contribution >= 4 is 26.8 Å². The molecular weight excluding hydrogens is 530 g/mol. The van der Waals surface area contributed by atoms with Crippen LogP contribution in [0.25, 0.3) is 21.9 Å². The van der Waals surface area contributed by atoms with E-state index in [-0.39, 0.29) is 10.6 Å². The van der Waals surface area contributed by atoms with E-state index in [4.69, 9.17) is 19.3 Å². The summed E-state index contributed by atoms with van der Waals surface area (Å²) in [6.07, 6.45) is 3.58. The van der Waals surface area contributed by atoms with Gasteiger partial charge in [0.05, 0.1) is 4.90 Å². The third kappa shape index (κ3) is 6.73. The summed E-state index contributed by atoms with van der Waals surface area (Å²) in [5.41, 5.74) is 1.52. The molecule has 1 fully saturated rings. The molecule has 1 aliphatic heterocycles. The molecular formula is C31H31NO7S. The molecule has 9 heteroatoms. The second-order valence-electron chi connectivity index (χ2n) is 9.81. The van der Waals surface area contributed by atoms with Crippen LogP contribution in [-0.2, 0) is 9.84 Å². The molecule has 1 aliphatic rings. The molecule has 4 aromatic carbocycles. The lowest BCUT2D eigenvalue weighted by Crippen LogP contribution is -2.33. The van der Waals surface area contributed by atoms with E-state index in [1.165, 1.54) is 25.5 Å². The first-order valence-corrected chi connectivity index (χ1v) is 15.1. The van der Waals surface area contributed by atoms with Crippen LogP contribution >= 0.6 is 0 Å². The first-order chi connectivity index (χ1) is 19.3. The minimum Gasteiger partial charge on any atom is -0.492 e. The van der Waals surface area contributed by atoms with Gasteiger partial charge in [0.25, 0.3) is 0 Å². The Morgan fingerprint density at radius 2 is 1.52 bits per heavy atom. The first-order valence-electron chi connectivity index (χ1n) is 13.2. The number of likely N-dealkylation sites (tertiary alicyclic amines) is 1. The molecule has 0 atom stereocenters. The molecule has 40 heavy (non-hydrogen) atoms. The summed E-state index contributed by atoms with van der Waals surface area (Å²) in [4.78, 5) is 13.7. The van der Waals surface area contributed by atoms with E-state index >= 15 is 0 Å². The van der Waals surface area contributed by atoms with E-state index in [0.717, 1.165) is 47.3 Å². The zero-order valence-electron chi connectivity index (χ0n) is 22.2. The van der Waals surface area contributed by atoms with Gasteiger partial charge in [-0.25, -0.2) is 13.2 Å². The van der Waals surface area contributed by atoms with Crippen LogP contribution in [0.3, 0.4) is 0 Å². The number of nitrogens with zero attached hydrogens (tertiary/aromatic N) is 1. The number of ether oxygens (including phenoxy) is 3. The maximum atomic E-state index is 12.0. The molecule has 208 valence electrons. The molecule has 1 N–H and O–H groups in total. The normalized spacial score (nSPS) is 14.1. The molecule has 0 aromatic heterocycles. The van der Waals surface area contributed by atoms with Crippen molar-refractivity contribution in [3.8, 4) is 34.1 Å². The SMILES string of the molecule is CS(=O)(=O)c1ccc(-c2ccc3cc(OC(=O)O)ccc3c2Oc2ccc(OCCN3CCCCC3)cc2)cc1. The molecule has 0 unspecified atom stereocenters. The average molecular weight is 562 g/mol. The lowest BCUT2D eigenvalue weighted by Gasteiger charge is -2.26. The second kappa shape index (κ2) is 12.0. The monoisotopic (exact) mass is 561 g/mol. The predicted molar refractivity (Wildman–Crippen MR) is 153 cm³/mol. The third-order valence-electron chi connectivity index (χ3n) is 6.91. The Labute approximate surface area is 233 Å². The first kappa shape index (κ1) is 27.5. The summed E-state index contributed by atoms with van der Waals surface area (Å²) in [6, 6.07) is 22.7. The van der Waals surface area contributed by atoms with Crippen molar-refractivity contribution < 1.29 is 32.5 Å². The third-order valence-corrected chi connectivity index (χ3v) is 8.04. The topological polar surface area (TPSA) is 102 Å². The molecule has 1 heterocycles. The summed E-state index contributed by atoms with van der Waals surface area (Å²) in [5, 5.41) is 10.5. The van der Waals surface area contributed by atoms with Gasteiger partial charge in [-0.05, 0) is 97.5 Å². The molecule has 0 saturated carbocycles. The molecule has 0 amide bonds.